The van der Waals surface area contributed by atoms with E-state index in [4.69, 9.17) is 4.74 Å². The Morgan fingerprint density at radius 2 is 2.06 bits per heavy atom. The third-order valence-electron chi connectivity index (χ3n) is 3.03. The fourth-order valence-electron chi connectivity index (χ4n) is 2.15. The Bertz CT molecular complexity index is 458. The topological polar surface area (TPSA) is 46.6 Å². The van der Waals surface area contributed by atoms with Gasteiger partial charge in [0.05, 0.1) is 7.11 Å². The number of rotatable bonds is 2. The minimum Gasteiger partial charge on any atom is -0.467 e. The maximum Gasteiger partial charge on any atom is 0.328 e. The summed E-state index contributed by atoms with van der Waals surface area (Å²) in [6, 6.07) is 4.92. The summed E-state index contributed by atoms with van der Waals surface area (Å²) < 4.78 is 17.6. The summed E-state index contributed by atoms with van der Waals surface area (Å²) >= 11 is 0. The number of piperidine rings is 1. The third-order valence-corrected chi connectivity index (χ3v) is 3.03. The highest BCUT2D eigenvalue weighted by Crippen LogP contribution is 2.26. The third kappa shape index (κ3) is 2.34. The molecule has 1 fully saturated rings. The second-order valence-corrected chi connectivity index (χ2v) is 4.17. The second kappa shape index (κ2) is 5.16. The fraction of sp³-hybridized carbons (Fsp3) is 0.385. The van der Waals surface area contributed by atoms with Gasteiger partial charge in [-0.3, -0.25) is 9.69 Å². The zero-order valence-electron chi connectivity index (χ0n) is 10.1. The lowest BCUT2D eigenvalue weighted by Gasteiger charge is -2.33. The fourth-order valence-corrected chi connectivity index (χ4v) is 2.15. The van der Waals surface area contributed by atoms with Gasteiger partial charge in [0.1, 0.15) is 11.9 Å². The molecule has 0 N–H and O–H groups in total. The van der Waals surface area contributed by atoms with Gasteiger partial charge in [-0.1, -0.05) is 0 Å². The number of amides is 1. The molecule has 4 nitrogen and oxygen atoms in total. The number of anilines is 1. The molecule has 1 aromatic rings. The maximum atomic E-state index is 12.9. The van der Waals surface area contributed by atoms with Crippen molar-refractivity contribution in [3.8, 4) is 0 Å². The number of methoxy groups -OCH3 is 1. The number of ether oxygens (including phenoxy) is 1. The number of benzene rings is 1. The van der Waals surface area contributed by atoms with Gasteiger partial charge in [0.25, 0.3) is 0 Å². The van der Waals surface area contributed by atoms with Crippen molar-refractivity contribution >= 4 is 17.6 Å². The molecule has 0 aromatic heterocycles. The maximum absolute atomic E-state index is 12.9. The number of esters is 1. The summed E-state index contributed by atoms with van der Waals surface area (Å²) in [5.74, 6) is -0.951. The predicted octanol–water partition coefficient (Wildman–Crippen LogP) is 1.88. The predicted molar refractivity (Wildman–Crippen MR) is 63.5 cm³/mol. The van der Waals surface area contributed by atoms with Gasteiger partial charge in [-0.05, 0) is 37.1 Å². The van der Waals surface area contributed by atoms with Gasteiger partial charge < -0.3 is 4.74 Å². The average molecular weight is 251 g/mol. The van der Waals surface area contributed by atoms with Crippen molar-refractivity contribution in [1.29, 1.82) is 0 Å². The molecular weight excluding hydrogens is 237 g/mol. The first-order valence-electron chi connectivity index (χ1n) is 5.79. The molecule has 96 valence electrons. The molecule has 18 heavy (non-hydrogen) atoms. The molecule has 1 amide bonds. The molecule has 1 heterocycles. The molecule has 1 unspecified atom stereocenters. The van der Waals surface area contributed by atoms with Crippen molar-refractivity contribution in [1.82, 2.24) is 0 Å². The van der Waals surface area contributed by atoms with Gasteiger partial charge in [0.15, 0.2) is 0 Å². The van der Waals surface area contributed by atoms with E-state index < -0.39 is 12.0 Å². The van der Waals surface area contributed by atoms with E-state index >= 15 is 0 Å². The summed E-state index contributed by atoms with van der Waals surface area (Å²) in [5.41, 5.74) is 0.525. The molecule has 5 heteroatoms. The number of halogens is 1. The van der Waals surface area contributed by atoms with Gasteiger partial charge in [0.2, 0.25) is 5.91 Å². The second-order valence-electron chi connectivity index (χ2n) is 4.17. The monoisotopic (exact) mass is 251 g/mol. The highest BCUT2D eigenvalue weighted by molar-refractivity contribution is 6.00. The van der Waals surface area contributed by atoms with E-state index in [1.165, 1.54) is 36.3 Å². The largest absolute Gasteiger partial charge is 0.467 e. The first-order valence-corrected chi connectivity index (χ1v) is 5.79. The number of hydrogen-bond acceptors (Lipinski definition) is 3. The summed E-state index contributed by atoms with van der Waals surface area (Å²) in [5, 5.41) is 0. The van der Waals surface area contributed by atoms with Crippen molar-refractivity contribution < 1.29 is 18.7 Å². The van der Waals surface area contributed by atoms with E-state index in [0.717, 1.165) is 0 Å². The minimum absolute atomic E-state index is 0.136. The Balaban J connectivity index is 2.32. The van der Waals surface area contributed by atoms with E-state index in [0.29, 0.717) is 24.9 Å². The number of carbonyl (C=O) groups excluding carboxylic acids is 2. The van der Waals surface area contributed by atoms with Crippen LogP contribution in [0.5, 0.6) is 0 Å². The van der Waals surface area contributed by atoms with E-state index in [9.17, 15) is 14.0 Å². The van der Waals surface area contributed by atoms with Crippen molar-refractivity contribution in [2.24, 2.45) is 0 Å². The van der Waals surface area contributed by atoms with Gasteiger partial charge in [0, 0.05) is 12.1 Å². The standard InChI is InChI=1S/C13H14FNO3/c1-18-13(17)11-3-2-4-12(16)15(11)10-7-5-9(14)6-8-10/h5-8,11H,2-4H2,1H3. The zero-order valence-corrected chi connectivity index (χ0v) is 10.1. The van der Waals surface area contributed by atoms with Crippen LogP contribution in [-0.4, -0.2) is 25.0 Å². The molecule has 1 aromatic carbocycles. The summed E-state index contributed by atoms with van der Waals surface area (Å²) in [6.45, 7) is 0. The Morgan fingerprint density at radius 1 is 1.39 bits per heavy atom. The van der Waals surface area contributed by atoms with Crippen LogP contribution in [0.1, 0.15) is 19.3 Å². The molecule has 0 radical (unpaired) electrons. The van der Waals surface area contributed by atoms with Crippen LogP contribution in [0.2, 0.25) is 0 Å². The molecule has 0 spiro atoms. The van der Waals surface area contributed by atoms with Crippen LogP contribution in [0.15, 0.2) is 24.3 Å². The molecule has 2 rings (SSSR count). The quantitative estimate of drug-likeness (QED) is 0.754. The highest BCUT2D eigenvalue weighted by Gasteiger charge is 2.34. The molecule has 0 bridgehead atoms. The van der Waals surface area contributed by atoms with Crippen LogP contribution in [0.3, 0.4) is 0 Å². The summed E-state index contributed by atoms with van der Waals surface area (Å²) in [6.07, 6.45) is 1.62. The number of nitrogens with zero attached hydrogens (tertiary/aromatic N) is 1. The van der Waals surface area contributed by atoms with Crippen LogP contribution in [-0.2, 0) is 14.3 Å². The number of carbonyl (C=O) groups is 2. The molecule has 1 aliphatic heterocycles. The lowest BCUT2D eigenvalue weighted by Crippen LogP contribution is -2.48. The normalized spacial score (nSPS) is 19.8. The van der Waals surface area contributed by atoms with Crippen LogP contribution < -0.4 is 4.90 Å². The van der Waals surface area contributed by atoms with Gasteiger partial charge >= 0.3 is 5.97 Å². The van der Waals surface area contributed by atoms with Crippen molar-refractivity contribution in [3.05, 3.63) is 30.1 Å². The molecular formula is C13H14FNO3. The van der Waals surface area contributed by atoms with Crippen molar-refractivity contribution in [2.75, 3.05) is 12.0 Å². The van der Waals surface area contributed by atoms with Crippen molar-refractivity contribution in [3.63, 3.8) is 0 Å². The average Bonchev–Trinajstić information content (AvgIpc) is 2.39. The molecule has 0 aliphatic carbocycles. The Labute approximate surface area is 104 Å². The first kappa shape index (κ1) is 12.5. The first-order chi connectivity index (χ1) is 8.63. The van der Waals surface area contributed by atoms with E-state index in [1.807, 2.05) is 0 Å². The van der Waals surface area contributed by atoms with Crippen LogP contribution in [0.4, 0.5) is 10.1 Å². The zero-order chi connectivity index (χ0) is 13.1. The van der Waals surface area contributed by atoms with E-state index in [-0.39, 0.29) is 11.7 Å². The Morgan fingerprint density at radius 3 is 2.67 bits per heavy atom. The smallest absolute Gasteiger partial charge is 0.328 e. The Hall–Kier alpha value is -1.91. The van der Waals surface area contributed by atoms with E-state index in [2.05, 4.69) is 0 Å². The van der Waals surface area contributed by atoms with Gasteiger partial charge in [-0.2, -0.15) is 0 Å². The molecule has 1 aliphatic rings. The molecule has 1 saturated heterocycles. The lowest BCUT2D eigenvalue weighted by atomic mass is 10.0. The minimum atomic E-state index is -0.610. The lowest BCUT2D eigenvalue weighted by molar-refractivity contribution is -0.144. The van der Waals surface area contributed by atoms with Crippen LogP contribution in [0.25, 0.3) is 0 Å². The van der Waals surface area contributed by atoms with E-state index in [1.54, 1.807) is 0 Å². The Kier molecular flexibility index (Phi) is 3.60. The van der Waals surface area contributed by atoms with Crippen LogP contribution in [0, 0.1) is 5.82 Å². The molecule has 1 atom stereocenters. The van der Waals surface area contributed by atoms with Gasteiger partial charge in [-0.25, -0.2) is 9.18 Å². The molecule has 0 saturated carbocycles. The number of hydrogen-bond donors (Lipinski definition) is 0. The van der Waals surface area contributed by atoms with Crippen molar-refractivity contribution in [2.45, 2.75) is 25.3 Å². The summed E-state index contributed by atoms with van der Waals surface area (Å²) in [4.78, 5) is 25.0. The van der Waals surface area contributed by atoms with Gasteiger partial charge in [-0.15, -0.1) is 0 Å². The SMILES string of the molecule is COC(=O)C1CCCC(=O)N1c1ccc(F)cc1. The summed E-state index contributed by atoms with van der Waals surface area (Å²) in [7, 11) is 1.30. The highest BCUT2D eigenvalue weighted by atomic mass is 19.1. The van der Waals surface area contributed by atoms with Crippen LogP contribution >= 0.6 is 0 Å².